The topological polar surface area (TPSA) is 35.2 Å². The summed E-state index contributed by atoms with van der Waals surface area (Å²) < 4.78 is 32.0. The molecule has 1 heterocycles. The largest absolute Gasteiger partial charge is 0.376 e. The van der Waals surface area contributed by atoms with Crippen molar-refractivity contribution in [1.29, 1.82) is 0 Å². The molecule has 0 bridgehead atoms. The molecule has 16 heavy (non-hydrogen) atoms. The Kier molecular flexibility index (Phi) is 3.21. The van der Waals surface area contributed by atoms with Gasteiger partial charge in [-0.1, -0.05) is 6.92 Å². The molecular formula is C12H15F2NO. The molecule has 0 radical (unpaired) electrons. The van der Waals surface area contributed by atoms with E-state index in [1.807, 2.05) is 6.92 Å². The fourth-order valence-corrected chi connectivity index (χ4v) is 2.12. The maximum absolute atomic E-state index is 13.5. The van der Waals surface area contributed by atoms with E-state index in [4.69, 9.17) is 10.5 Å². The number of benzene rings is 1. The molecular weight excluding hydrogens is 212 g/mol. The molecule has 1 aliphatic rings. The maximum atomic E-state index is 13.5. The van der Waals surface area contributed by atoms with Gasteiger partial charge in [0.05, 0.1) is 12.1 Å². The van der Waals surface area contributed by atoms with Gasteiger partial charge in [0, 0.05) is 12.2 Å². The fraction of sp³-hybridized carbons (Fsp3) is 0.500. The summed E-state index contributed by atoms with van der Waals surface area (Å²) in [6, 6.07) is 2.73. The summed E-state index contributed by atoms with van der Waals surface area (Å²) in [7, 11) is 0. The molecule has 0 aliphatic carbocycles. The highest BCUT2D eigenvalue weighted by molar-refractivity contribution is 5.23. The zero-order valence-corrected chi connectivity index (χ0v) is 9.12. The number of nitrogens with two attached hydrogens (primary N) is 1. The van der Waals surface area contributed by atoms with Crippen molar-refractivity contribution in [3.05, 3.63) is 35.4 Å². The third kappa shape index (κ3) is 2.08. The van der Waals surface area contributed by atoms with E-state index in [0.717, 1.165) is 24.6 Å². The van der Waals surface area contributed by atoms with E-state index in [9.17, 15) is 8.78 Å². The van der Waals surface area contributed by atoms with Crippen LogP contribution in [0.15, 0.2) is 18.2 Å². The predicted octanol–water partition coefficient (Wildman–Crippen LogP) is 2.39. The van der Waals surface area contributed by atoms with Crippen LogP contribution >= 0.6 is 0 Å². The normalized spacial score (nSPS) is 27.0. The average molecular weight is 227 g/mol. The van der Waals surface area contributed by atoms with Crippen molar-refractivity contribution in [1.82, 2.24) is 0 Å². The van der Waals surface area contributed by atoms with Crippen LogP contribution in [-0.4, -0.2) is 12.7 Å². The second-order valence-corrected chi connectivity index (χ2v) is 4.29. The van der Waals surface area contributed by atoms with Crippen molar-refractivity contribution >= 4 is 0 Å². The summed E-state index contributed by atoms with van der Waals surface area (Å²) in [5.41, 5.74) is 6.12. The summed E-state index contributed by atoms with van der Waals surface area (Å²) in [5, 5.41) is 0. The van der Waals surface area contributed by atoms with Gasteiger partial charge in [-0.15, -0.1) is 0 Å². The number of ether oxygens (including phenoxy) is 1. The van der Waals surface area contributed by atoms with Gasteiger partial charge >= 0.3 is 0 Å². The Hall–Kier alpha value is -1.00. The van der Waals surface area contributed by atoms with Gasteiger partial charge in [-0.3, -0.25) is 0 Å². The van der Waals surface area contributed by atoms with Crippen LogP contribution in [0.25, 0.3) is 0 Å². The molecule has 1 saturated heterocycles. The second-order valence-electron chi connectivity index (χ2n) is 4.29. The molecule has 88 valence electrons. The van der Waals surface area contributed by atoms with Crippen molar-refractivity contribution in [3.63, 3.8) is 0 Å². The van der Waals surface area contributed by atoms with Gasteiger partial charge in [-0.2, -0.15) is 0 Å². The molecule has 2 nitrogen and oxygen atoms in total. The van der Waals surface area contributed by atoms with Gasteiger partial charge in [0.15, 0.2) is 0 Å². The molecule has 0 aromatic heterocycles. The minimum absolute atomic E-state index is 0.193. The highest BCUT2D eigenvalue weighted by Crippen LogP contribution is 2.30. The molecule has 0 amide bonds. The van der Waals surface area contributed by atoms with Crippen molar-refractivity contribution in [2.24, 2.45) is 11.7 Å². The van der Waals surface area contributed by atoms with Crippen molar-refractivity contribution in [3.8, 4) is 0 Å². The highest BCUT2D eigenvalue weighted by atomic mass is 19.1. The molecule has 1 aliphatic heterocycles. The van der Waals surface area contributed by atoms with Crippen LogP contribution in [0, 0.1) is 17.6 Å². The Bertz CT molecular complexity index is 383. The molecule has 3 atom stereocenters. The summed E-state index contributed by atoms with van der Waals surface area (Å²) in [6.07, 6.45) is 0.686. The zero-order valence-electron chi connectivity index (χ0n) is 9.12. The van der Waals surface area contributed by atoms with E-state index in [2.05, 4.69) is 0 Å². The highest BCUT2D eigenvalue weighted by Gasteiger charge is 2.32. The van der Waals surface area contributed by atoms with Crippen LogP contribution in [0.3, 0.4) is 0 Å². The lowest BCUT2D eigenvalue weighted by Crippen LogP contribution is -2.30. The van der Waals surface area contributed by atoms with E-state index in [1.165, 1.54) is 0 Å². The van der Waals surface area contributed by atoms with Gasteiger partial charge in [-0.25, -0.2) is 8.78 Å². The maximum Gasteiger partial charge on any atom is 0.128 e. The SMILES string of the molecule is CC1CCOC1C(N)c1cc(F)ccc1F. The molecule has 0 spiro atoms. The number of hydrogen-bond donors (Lipinski definition) is 1. The summed E-state index contributed by atoms with van der Waals surface area (Å²) >= 11 is 0. The lowest BCUT2D eigenvalue weighted by Gasteiger charge is -2.23. The molecule has 2 rings (SSSR count). The Balaban J connectivity index is 2.25. The minimum atomic E-state index is -0.604. The molecule has 1 aromatic carbocycles. The standard InChI is InChI=1S/C12H15F2NO/c1-7-4-5-16-12(7)11(15)9-6-8(13)2-3-10(9)14/h2-3,6-7,11-12H,4-5,15H2,1H3. The molecule has 4 heteroatoms. The first-order valence-corrected chi connectivity index (χ1v) is 5.41. The van der Waals surface area contributed by atoms with Crippen LogP contribution < -0.4 is 5.73 Å². The fourth-order valence-electron chi connectivity index (χ4n) is 2.12. The average Bonchev–Trinajstić information content (AvgIpc) is 2.67. The summed E-state index contributed by atoms with van der Waals surface area (Å²) in [6.45, 7) is 2.64. The van der Waals surface area contributed by atoms with Crippen LogP contribution in [-0.2, 0) is 4.74 Å². The zero-order chi connectivity index (χ0) is 11.7. The molecule has 1 aromatic rings. The van der Waals surface area contributed by atoms with Gasteiger partial charge in [-0.05, 0) is 30.5 Å². The monoisotopic (exact) mass is 227 g/mol. The van der Waals surface area contributed by atoms with E-state index in [1.54, 1.807) is 0 Å². The summed E-state index contributed by atoms with van der Waals surface area (Å²) in [4.78, 5) is 0. The van der Waals surface area contributed by atoms with Gasteiger partial charge < -0.3 is 10.5 Å². The Morgan fingerprint density at radius 1 is 1.44 bits per heavy atom. The predicted molar refractivity (Wildman–Crippen MR) is 56.8 cm³/mol. The summed E-state index contributed by atoms with van der Waals surface area (Å²) in [5.74, 6) is -0.674. The van der Waals surface area contributed by atoms with Gasteiger partial charge in [0.2, 0.25) is 0 Å². The Morgan fingerprint density at radius 3 is 2.81 bits per heavy atom. The molecule has 0 saturated carbocycles. The Morgan fingerprint density at radius 2 is 2.19 bits per heavy atom. The van der Waals surface area contributed by atoms with Crippen LogP contribution in [0.1, 0.15) is 24.9 Å². The number of halogens is 2. The van der Waals surface area contributed by atoms with E-state index >= 15 is 0 Å². The second kappa shape index (κ2) is 4.47. The molecule has 2 N–H and O–H groups in total. The van der Waals surface area contributed by atoms with Crippen LogP contribution in [0.5, 0.6) is 0 Å². The van der Waals surface area contributed by atoms with E-state index in [-0.39, 0.29) is 17.6 Å². The van der Waals surface area contributed by atoms with Crippen LogP contribution in [0.4, 0.5) is 8.78 Å². The number of rotatable bonds is 2. The van der Waals surface area contributed by atoms with Crippen LogP contribution in [0.2, 0.25) is 0 Å². The van der Waals surface area contributed by atoms with Gasteiger partial charge in [0.25, 0.3) is 0 Å². The molecule has 3 unspecified atom stereocenters. The lowest BCUT2D eigenvalue weighted by molar-refractivity contribution is 0.0714. The third-order valence-electron chi connectivity index (χ3n) is 3.12. The third-order valence-corrected chi connectivity index (χ3v) is 3.12. The van der Waals surface area contributed by atoms with Crippen molar-refractivity contribution < 1.29 is 13.5 Å². The number of hydrogen-bond acceptors (Lipinski definition) is 2. The first-order chi connectivity index (χ1) is 7.59. The minimum Gasteiger partial charge on any atom is -0.376 e. The lowest BCUT2D eigenvalue weighted by atomic mass is 9.93. The Labute approximate surface area is 93.4 Å². The van der Waals surface area contributed by atoms with Gasteiger partial charge in [0.1, 0.15) is 11.6 Å². The first-order valence-electron chi connectivity index (χ1n) is 5.41. The first kappa shape index (κ1) is 11.5. The quantitative estimate of drug-likeness (QED) is 0.842. The smallest absolute Gasteiger partial charge is 0.128 e. The van der Waals surface area contributed by atoms with E-state index in [0.29, 0.717) is 6.61 Å². The van der Waals surface area contributed by atoms with E-state index < -0.39 is 17.7 Å². The van der Waals surface area contributed by atoms with Crippen molar-refractivity contribution in [2.75, 3.05) is 6.61 Å². The molecule has 1 fully saturated rings. The van der Waals surface area contributed by atoms with Crippen molar-refractivity contribution in [2.45, 2.75) is 25.5 Å².